The van der Waals surface area contributed by atoms with Gasteiger partial charge in [-0.2, -0.15) is 0 Å². The van der Waals surface area contributed by atoms with Gasteiger partial charge in [-0.25, -0.2) is 4.98 Å². The summed E-state index contributed by atoms with van der Waals surface area (Å²) in [7, 11) is 0. The molecule has 1 atom stereocenters. The third kappa shape index (κ3) is 5.13. The van der Waals surface area contributed by atoms with Crippen LogP contribution in [0.1, 0.15) is 40.2 Å². The average molecular weight is 505 g/mol. The first-order valence-electron chi connectivity index (χ1n) is 11.9. The van der Waals surface area contributed by atoms with Gasteiger partial charge in [-0.3, -0.25) is 14.2 Å². The Morgan fingerprint density at radius 2 is 1.86 bits per heavy atom. The summed E-state index contributed by atoms with van der Waals surface area (Å²) < 4.78 is 7.82. The van der Waals surface area contributed by atoms with Gasteiger partial charge < -0.3 is 4.74 Å². The van der Waals surface area contributed by atoms with E-state index in [9.17, 15) is 9.59 Å². The minimum atomic E-state index is -0.0116. The van der Waals surface area contributed by atoms with Crippen molar-refractivity contribution in [1.82, 2.24) is 9.55 Å². The first-order valence-corrected chi connectivity index (χ1v) is 13.7. The van der Waals surface area contributed by atoms with E-state index in [4.69, 9.17) is 9.72 Å². The van der Waals surface area contributed by atoms with Crippen LogP contribution < -0.4 is 5.56 Å². The van der Waals surface area contributed by atoms with Crippen molar-refractivity contribution in [3.05, 3.63) is 92.6 Å². The lowest BCUT2D eigenvalue weighted by Gasteiger charge is -2.26. The maximum Gasteiger partial charge on any atom is 0.263 e. The van der Waals surface area contributed by atoms with Crippen molar-refractivity contribution in [3.8, 4) is 0 Å². The van der Waals surface area contributed by atoms with Crippen LogP contribution in [0.2, 0.25) is 0 Å². The number of ether oxygens (including phenoxy) is 1. The summed E-state index contributed by atoms with van der Waals surface area (Å²) in [6.45, 7) is 5.35. The van der Waals surface area contributed by atoms with Crippen LogP contribution in [-0.4, -0.2) is 27.2 Å². The van der Waals surface area contributed by atoms with Gasteiger partial charge in [0.25, 0.3) is 5.56 Å². The number of rotatable bonds is 8. The number of Topliss-reactive ketones (excluding diaryl/α,β-unsaturated/α-hetero) is 1. The molecule has 0 bridgehead atoms. The Hall–Kier alpha value is -2.74. The molecular formula is C28H28N2O3S2. The number of fused-ring (bicyclic) bond motifs is 3. The van der Waals surface area contributed by atoms with Gasteiger partial charge >= 0.3 is 0 Å². The summed E-state index contributed by atoms with van der Waals surface area (Å²) in [5.74, 6) is 0.639. The van der Waals surface area contributed by atoms with Crippen molar-refractivity contribution >= 4 is 39.1 Å². The number of hydrogen-bond acceptors (Lipinski definition) is 6. The molecule has 0 saturated heterocycles. The molecule has 35 heavy (non-hydrogen) atoms. The molecule has 3 heterocycles. The molecule has 0 saturated carbocycles. The van der Waals surface area contributed by atoms with Crippen LogP contribution in [0.4, 0.5) is 0 Å². The normalized spacial score (nSPS) is 15.5. The second-order valence-corrected chi connectivity index (χ2v) is 11.2. The van der Waals surface area contributed by atoms with Crippen LogP contribution in [-0.2, 0) is 30.7 Å². The number of nitrogens with zero attached hydrogens (tertiary/aromatic N) is 2. The number of carbonyl (C=O) groups excluding carboxylic acids is 1. The molecule has 0 N–H and O–H groups in total. The molecule has 0 amide bonds. The van der Waals surface area contributed by atoms with Gasteiger partial charge in [-0.1, -0.05) is 86.3 Å². The smallest absolute Gasteiger partial charge is 0.263 e. The third-order valence-electron chi connectivity index (χ3n) is 6.43. The number of aryl methyl sites for hydroxylation is 1. The zero-order valence-corrected chi connectivity index (χ0v) is 21.5. The Labute approximate surface area is 213 Å². The average Bonchev–Trinajstić information content (AvgIpc) is 3.25. The molecule has 2 aromatic heterocycles. The zero-order chi connectivity index (χ0) is 24.4. The first kappa shape index (κ1) is 24.0. The topological polar surface area (TPSA) is 61.2 Å². The number of thioether (sulfide) groups is 1. The van der Waals surface area contributed by atoms with Crippen LogP contribution in [0.15, 0.2) is 70.6 Å². The van der Waals surface area contributed by atoms with Crippen molar-refractivity contribution < 1.29 is 9.53 Å². The molecular weight excluding hydrogens is 476 g/mol. The van der Waals surface area contributed by atoms with E-state index < -0.39 is 0 Å². The SMILES string of the molecule is CC(C)[C@@H]1Cc2c(sc3nc(SCC(=O)c4ccccc4)n(CCc4ccccc4)c(=O)c23)CO1. The van der Waals surface area contributed by atoms with Crippen LogP contribution in [0.25, 0.3) is 10.2 Å². The molecule has 180 valence electrons. The minimum absolute atomic E-state index is 0.0116. The van der Waals surface area contributed by atoms with Crippen molar-refractivity contribution in [2.75, 3.05) is 5.75 Å². The molecule has 0 aliphatic carbocycles. The number of ketones is 1. The fraction of sp³-hybridized carbons (Fsp3) is 0.321. The molecule has 1 aliphatic heterocycles. The Morgan fingerprint density at radius 3 is 2.57 bits per heavy atom. The number of benzene rings is 2. The predicted octanol–water partition coefficient (Wildman–Crippen LogP) is 5.77. The molecule has 5 rings (SSSR count). The van der Waals surface area contributed by atoms with E-state index in [-0.39, 0.29) is 23.2 Å². The molecule has 2 aromatic carbocycles. The summed E-state index contributed by atoms with van der Waals surface area (Å²) in [4.78, 5) is 33.4. The Balaban J connectivity index is 1.51. The summed E-state index contributed by atoms with van der Waals surface area (Å²) in [6, 6.07) is 19.4. The molecule has 0 spiro atoms. The number of hydrogen-bond donors (Lipinski definition) is 0. The number of carbonyl (C=O) groups is 1. The fourth-order valence-corrected chi connectivity index (χ4v) is 6.48. The van der Waals surface area contributed by atoms with E-state index in [0.29, 0.717) is 29.8 Å². The number of aromatic nitrogens is 2. The molecule has 5 nitrogen and oxygen atoms in total. The lowest BCUT2D eigenvalue weighted by atomic mass is 9.96. The van der Waals surface area contributed by atoms with Gasteiger partial charge in [0, 0.05) is 23.4 Å². The van der Waals surface area contributed by atoms with Crippen molar-refractivity contribution in [1.29, 1.82) is 0 Å². The van der Waals surface area contributed by atoms with Gasteiger partial charge in [0.05, 0.1) is 23.8 Å². The molecule has 0 radical (unpaired) electrons. The van der Waals surface area contributed by atoms with E-state index in [2.05, 4.69) is 26.0 Å². The second kappa shape index (κ2) is 10.5. The minimum Gasteiger partial charge on any atom is -0.372 e. The lowest BCUT2D eigenvalue weighted by Crippen LogP contribution is -2.29. The van der Waals surface area contributed by atoms with Crippen LogP contribution in [0.5, 0.6) is 0 Å². The highest BCUT2D eigenvalue weighted by atomic mass is 32.2. The van der Waals surface area contributed by atoms with E-state index >= 15 is 0 Å². The van der Waals surface area contributed by atoms with E-state index in [1.54, 1.807) is 15.9 Å². The van der Waals surface area contributed by atoms with Crippen LogP contribution >= 0.6 is 23.1 Å². The molecule has 0 unspecified atom stereocenters. The molecule has 7 heteroatoms. The zero-order valence-electron chi connectivity index (χ0n) is 19.9. The Kier molecular flexibility index (Phi) is 7.18. The van der Waals surface area contributed by atoms with Gasteiger partial charge in [-0.05, 0) is 23.5 Å². The van der Waals surface area contributed by atoms with Crippen molar-refractivity contribution in [2.24, 2.45) is 5.92 Å². The van der Waals surface area contributed by atoms with Gasteiger partial charge in [0.1, 0.15) is 4.83 Å². The Morgan fingerprint density at radius 1 is 1.14 bits per heavy atom. The highest BCUT2D eigenvalue weighted by Crippen LogP contribution is 2.36. The summed E-state index contributed by atoms with van der Waals surface area (Å²) in [5.41, 5.74) is 2.92. The lowest BCUT2D eigenvalue weighted by molar-refractivity contribution is 0.00200. The first-order chi connectivity index (χ1) is 17.0. The monoisotopic (exact) mass is 504 g/mol. The molecule has 4 aromatic rings. The molecule has 1 aliphatic rings. The fourth-order valence-electron chi connectivity index (χ4n) is 4.40. The third-order valence-corrected chi connectivity index (χ3v) is 8.51. The van der Waals surface area contributed by atoms with Gasteiger partial charge in [-0.15, -0.1) is 11.3 Å². The van der Waals surface area contributed by atoms with Crippen LogP contribution in [0.3, 0.4) is 0 Å². The maximum atomic E-state index is 13.9. The highest BCUT2D eigenvalue weighted by Gasteiger charge is 2.28. The van der Waals surface area contributed by atoms with Crippen LogP contribution in [0, 0.1) is 5.92 Å². The Bertz CT molecular complexity index is 1390. The predicted molar refractivity (Wildman–Crippen MR) is 143 cm³/mol. The van der Waals surface area contributed by atoms with E-state index in [1.165, 1.54) is 11.8 Å². The standard InChI is InChI=1S/C28H28N2O3S2/c1-18(2)23-15-21-24(16-33-23)35-26-25(21)27(32)30(14-13-19-9-5-3-6-10-19)28(29-26)34-17-22(31)20-11-7-4-8-12-20/h3-12,18,23H,13-17H2,1-2H3/t23-/m0/s1. The maximum absolute atomic E-state index is 13.9. The summed E-state index contributed by atoms with van der Waals surface area (Å²) in [6.07, 6.45) is 1.56. The van der Waals surface area contributed by atoms with Crippen molar-refractivity contribution in [3.63, 3.8) is 0 Å². The van der Waals surface area contributed by atoms with Gasteiger partial charge in [0.2, 0.25) is 0 Å². The quantitative estimate of drug-likeness (QED) is 0.173. The molecule has 0 fully saturated rings. The largest absolute Gasteiger partial charge is 0.372 e. The van der Waals surface area contributed by atoms with Gasteiger partial charge in [0.15, 0.2) is 10.9 Å². The number of thiophene rings is 1. The highest BCUT2D eigenvalue weighted by molar-refractivity contribution is 7.99. The summed E-state index contributed by atoms with van der Waals surface area (Å²) in [5, 5.41) is 1.33. The van der Waals surface area contributed by atoms with E-state index in [1.807, 2.05) is 48.5 Å². The van der Waals surface area contributed by atoms with E-state index in [0.717, 1.165) is 39.1 Å². The summed E-state index contributed by atoms with van der Waals surface area (Å²) >= 11 is 2.89. The van der Waals surface area contributed by atoms with Crippen molar-refractivity contribution in [2.45, 2.75) is 51.1 Å². The second-order valence-electron chi connectivity index (χ2n) is 9.15.